The second kappa shape index (κ2) is 8.02. The highest BCUT2D eigenvalue weighted by atomic mass is 16.3. The van der Waals surface area contributed by atoms with Crippen molar-refractivity contribution in [2.45, 2.75) is 67.2 Å². The van der Waals surface area contributed by atoms with Crippen molar-refractivity contribution in [1.82, 2.24) is 0 Å². The molecule has 174 valence electrons. The van der Waals surface area contributed by atoms with E-state index in [0.717, 1.165) is 5.57 Å². The van der Waals surface area contributed by atoms with Gasteiger partial charge in [0.1, 0.15) is 23.0 Å². The molecule has 1 fully saturated rings. The van der Waals surface area contributed by atoms with Gasteiger partial charge in [-0.15, -0.1) is 0 Å². The van der Waals surface area contributed by atoms with Crippen LogP contribution in [0.1, 0.15) is 65.0 Å². The molecule has 0 spiro atoms. The minimum Gasteiger partial charge on any atom is -0.512 e. The van der Waals surface area contributed by atoms with E-state index in [4.69, 9.17) is 0 Å². The molecule has 2 aliphatic carbocycles. The maximum absolute atomic E-state index is 13.1. The van der Waals surface area contributed by atoms with E-state index in [-0.39, 0.29) is 40.1 Å². The van der Waals surface area contributed by atoms with Crippen molar-refractivity contribution in [1.29, 1.82) is 0 Å². The zero-order valence-electron chi connectivity index (χ0n) is 20.0. The number of aliphatic hydroxyl groups excluding tert-OH is 2. The molecule has 5 heteroatoms. The summed E-state index contributed by atoms with van der Waals surface area (Å²) in [5.74, 6) is 0.488. The number of carbonyl (C=O) groups excluding carboxylic acids is 1. The summed E-state index contributed by atoms with van der Waals surface area (Å²) in [5.41, 5.74) is 0.955. The Balaban J connectivity index is 1.76. The molecule has 1 aromatic carbocycles. The molecule has 3 atom stereocenters. The topological polar surface area (TPSA) is 98.0 Å². The molecule has 3 rings (SSSR count). The standard InChI is InChI=1S/C27H36O5/c1-16(7-8-18-11-19(28)10-17(2)24(18)32)9-20(29)13-26(5)15-22-23(31)12-21(30)14-27(26,6)25(22,3)4/h7,10-12,14,22,28,30-32H,8-9,13,15H2,1-6H3/b16-7+. The van der Waals surface area contributed by atoms with E-state index in [1.165, 1.54) is 12.1 Å². The summed E-state index contributed by atoms with van der Waals surface area (Å²) in [7, 11) is 0. The second-order valence-electron chi connectivity index (χ2n) is 10.8. The number of rotatable bonds is 6. The predicted octanol–water partition coefficient (Wildman–Crippen LogP) is 6.20. The van der Waals surface area contributed by atoms with E-state index in [2.05, 4.69) is 27.7 Å². The number of phenols is 2. The van der Waals surface area contributed by atoms with Gasteiger partial charge < -0.3 is 20.4 Å². The largest absolute Gasteiger partial charge is 0.512 e. The number of aryl methyl sites for hydroxylation is 1. The number of aromatic hydroxyl groups is 2. The van der Waals surface area contributed by atoms with Crippen molar-refractivity contribution in [3.8, 4) is 11.5 Å². The summed E-state index contributed by atoms with van der Waals surface area (Å²) >= 11 is 0. The van der Waals surface area contributed by atoms with Gasteiger partial charge in [-0.2, -0.15) is 0 Å². The first-order valence-electron chi connectivity index (χ1n) is 11.2. The summed E-state index contributed by atoms with van der Waals surface area (Å²) in [6.45, 7) is 12.0. The average Bonchev–Trinajstić information content (AvgIpc) is 2.76. The Morgan fingerprint density at radius 3 is 2.44 bits per heavy atom. The Morgan fingerprint density at radius 2 is 1.78 bits per heavy atom. The molecule has 0 radical (unpaired) electrons. The Labute approximate surface area is 190 Å². The molecule has 2 bridgehead atoms. The third-order valence-corrected chi connectivity index (χ3v) is 8.31. The van der Waals surface area contributed by atoms with Gasteiger partial charge in [-0.1, -0.05) is 39.3 Å². The number of aliphatic hydroxyl groups is 2. The minimum atomic E-state index is -0.464. The molecule has 32 heavy (non-hydrogen) atoms. The third kappa shape index (κ3) is 3.94. The van der Waals surface area contributed by atoms with E-state index in [1.807, 2.05) is 19.1 Å². The van der Waals surface area contributed by atoms with Gasteiger partial charge in [0.15, 0.2) is 0 Å². The van der Waals surface area contributed by atoms with Gasteiger partial charge in [0.2, 0.25) is 0 Å². The third-order valence-electron chi connectivity index (χ3n) is 8.31. The van der Waals surface area contributed by atoms with Gasteiger partial charge >= 0.3 is 0 Å². The van der Waals surface area contributed by atoms with Crippen LogP contribution in [0.4, 0.5) is 0 Å². The lowest BCUT2D eigenvalue weighted by atomic mass is 9.56. The smallest absolute Gasteiger partial charge is 0.137 e. The van der Waals surface area contributed by atoms with Crippen LogP contribution in [0, 0.1) is 29.1 Å². The SMILES string of the molecule is C/C(=C\Cc1cc(O)cc(C)c1O)CC(=O)CC1(C)CC2C(O)=CC(O)=CC1(C)C2(C)C. The van der Waals surface area contributed by atoms with Crippen molar-refractivity contribution in [3.63, 3.8) is 0 Å². The normalized spacial score (nSPS) is 29.3. The van der Waals surface area contributed by atoms with Crippen molar-refractivity contribution < 1.29 is 25.2 Å². The number of hydrogen-bond donors (Lipinski definition) is 4. The highest BCUT2D eigenvalue weighted by Gasteiger charge is 2.64. The van der Waals surface area contributed by atoms with Crippen LogP contribution >= 0.6 is 0 Å². The number of allylic oxidation sites excluding steroid dienone is 5. The first kappa shape index (κ1) is 24.0. The van der Waals surface area contributed by atoms with Crippen LogP contribution in [0.15, 0.2) is 47.5 Å². The van der Waals surface area contributed by atoms with E-state index >= 15 is 0 Å². The number of benzene rings is 1. The molecular formula is C27H36O5. The van der Waals surface area contributed by atoms with Gasteiger partial charge in [0.05, 0.1) is 5.76 Å². The molecule has 2 aliphatic rings. The summed E-state index contributed by atoms with van der Waals surface area (Å²) in [6, 6.07) is 3.06. The second-order valence-corrected chi connectivity index (χ2v) is 10.8. The number of carbonyl (C=O) groups is 1. The fourth-order valence-corrected chi connectivity index (χ4v) is 5.89. The zero-order valence-corrected chi connectivity index (χ0v) is 20.0. The summed E-state index contributed by atoms with van der Waals surface area (Å²) in [4.78, 5) is 13.1. The number of Topliss-reactive ketones (excluding diaryl/α,β-unsaturated/α-hetero) is 1. The number of phenolic OH excluding ortho intramolecular Hbond substituents is 2. The minimum absolute atomic E-state index is 0.0521. The fraction of sp³-hybridized carbons (Fsp3) is 0.519. The van der Waals surface area contributed by atoms with Gasteiger partial charge in [0, 0.05) is 35.8 Å². The summed E-state index contributed by atoms with van der Waals surface area (Å²) in [6.07, 6.45) is 6.92. The molecule has 0 amide bonds. The summed E-state index contributed by atoms with van der Waals surface area (Å²) in [5, 5.41) is 40.9. The van der Waals surface area contributed by atoms with E-state index < -0.39 is 10.8 Å². The lowest BCUT2D eigenvalue weighted by Gasteiger charge is -2.46. The molecule has 3 unspecified atom stereocenters. The fourth-order valence-electron chi connectivity index (χ4n) is 5.89. The van der Waals surface area contributed by atoms with Crippen LogP contribution in [0.25, 0.3) is 0 Å². The quantitative estimate of drug-likeness (QED) is 0.312. The van der Waals surface area contributed by atoms with Crippen LogP contribution in [0.3, 0.4) is 0 Å². The number of hydrogen-bond acceptors (Lipinski definition) is 5. The first-order chi connectivity index (χ1) is 14.7. The van der Waals surface area contributed by atoms with Crippen LogP contribution < -0.4 is 0 Å². The van der Waals surface area contributed by atoms with E-state index in [0.29, 0.717) is 36.8 Å². The Hall–Kier alpha value is -2.69. The molecule has 5 nitrogen and oxygen atoms in total. The monoisotopic (exact) mass is 440 g/mol. The molecule has 0 heterocycles. The predicted molar refractivity (Wildman–Crippen MR) is 126 cm³/mol. The van der Waals surface area contributed by atoms with Crippen LogP contribution in [-0.4, -0.2) is 26.2 Å². The molecular weight excluding hydrogens is 404 g/mol. The highest BCUT2D eigenvalue weighted by molar-refractivity contribution is 5.81. The molecule has 4 N–H and O–H groups in total. The van der Waals surface area contributed by atoms with Crippen molar-refractivity contribution >= 4 is 5.78 Å². The molecule has 0 aromatic heterocycles. The van der Waals surface area contributed by atoms with Gasteiger partial charge in [-0.25, -0.2) is 0 Å². The molecule has 0 saturated heterocycles. The maximum Gasteiger partial charge on any atom is 0.137 e. The lowest BCUT2D eigenvalue weighted by Crippen LogP contribution is -2.42. The molecule has 0 aliphatic heterocycles. The van der Waals surface area contributed by atoms with Crippen molar-refractivity contribution in [3.05, 3.63) is 58.6 Å². The van der Waals surface area contributed by atoms with Crippen LogP contribution in [-0.2, 0) is 11.2 Å². The van der Waals surface area contributed by atoms with Crippen molar-refractivity contribution in [2.75, 3.05) is 0 Å². The summed E-state index contributed by atoms with van der Waals surface area (Å²) < 4.78 is 0. The Kier molecular flexibility index (Phi) is 6.01. The van der Waals surface area contributed by atoms with Gasteiger partial charge in [-0.3, -0.25) is 4.79 Å². The van der Waals surface area contributed by atoms with Gasteiger partial charge in [0.25, 0.3) is 0 Å². The zero-order chi connectivity index (χ0) is 24.1. The van der Waals surface area contributed by atoms with E-state index in [9.17, 15) is 25.2 Å². The average molecular weight is 441 g/mol. The van der Waals surface area contributed by atoms with Crippen molar-refractivity contribution in [2.24, 2.45) is 22.2 Å². The Bertz CT molecular complexity index is 1030. The van der Waals surface area contributed by atoms with E-state index in [1.54, 1.807) is 13.0 Å². The van der Waals surface area contributed by atoms with Crippen LogP contribution in [0.5, 0.6) is 11.5 Å². The maximum atomic E-state index is 13.1. The number of ketones is 1. The molecule has 1 saturated carbocycles. The Morgan fingerprint density at radius 1 is 1.12 bits per heavy atom. The van der Waals surface area contributed by atoms with Gasteiger partial charge in [-0.05, 0) is 61.3 Å². The lowest BCUT2D eigenvalue weighted by molar-refractivity contribution is -0.122. The first-order valence-corrected chi connectivity index (χ1v) is 11.2. The highest BCUT2D eigenvalue weighted by Crippen LogP contribution is 2.69. The van der Waals surface area contributed by atoms with Crippen LogP contribution in [0.2, 0.25) is 0 Å². The number of fused-ring (bicyclic) bond motifs is 2. The molecule has 1 aromatic rings.